The highest BCUT2D eigenvalue weighted by Gasteiger charge is 2.33. The van der Waals surface area contributed by atoms with Crippen LogP contribution in [-0.4, -0.2) is 66.5 Å². The number of H-pyrrole nitrogens is 1. The van der Waals surface area contributed by atoms with Gasteiger partial charge in [-0.1, -0.05) is 6.07 Å². The van der Waals surface area contributed by atoms with Gasteiger partial charge in [-0.15, -0.1) is 5.10 Å². The van der Waals surface area contributed by atoms with Gasteiger partial charge in [0.2, 0.25) is 5.95 Å². The van der Waals surface area contributed by atoms with Gasteiger partial charge >= 0.3 is 0 Å². The zero-order valence-electron chi connectivity index (χ0n) is 18.4. The zero-order valence-corrected chi connectivity index (χ0v) is 19.3. The predicted octanol–water partition coefficient (Wildman–Crippen LogP) is 2.49. The fourth-order valence-electron chi connectivity index (χ4n) is 5.53. The lowest BCUT2D eigenvalue weighted by atomic mass is 9.99. The number of rotatable bonds is 6. The third kappa shape index (κ3) is 3.99. The summed E-state index contributed by atoms with van der Waals surface area (Å²) in [5, 5.41) is 10.2. The first kappa shape index (κ1) is 20.9. The van der Waals surface area contributed by atoms with Crippen LogP contribution >= 0.6 is 0 Å². The van der Waals surface area contributed by atoms with Gasteiger partial charge in [0, 0.05) is 25.3 Å². The van der Waals surface area contributed by atoms with Gasteiger partial charge in [0.25, 0.3) is 15.2 Å². The van der Waals surface area contributed by atoms with E-state index in [4.69, 9.17) is 0 Å². The fraction of sp³-hybridized carbons (Fsp3) is 0.636. The number of nitrogens with zero attached hydrogens (tertiary/aromatic N) is 4. The maximum absolute atomic E-state index is 13.2. The second kappa shape index (κ2) is 8.18. The molecule has 31 heavy (non-hydrogen) atoms. The molecule has 1 atom stereocenters. The largest absolute Gasteiger partial charge is 0.322 e. The summed E-state index contributed by atoms with van der Waals surface area (Å²) in [6, 6.07) is 2.38. The van der Waals surface area contributed by atoms with Crippen LogP contribution in [0.3, 0.4) is 0 Å². The van der Waals surface area contributed by atoms with E-state index in [2.05, 4.69) is 31.5 Å². The number of aromatic amines is 1. The Labute approximate surface area is 184 Å². The summed E-state index contributed by atoms with van der Waals surface area (Å²) in [6.45, 7) is 1.96. The fourth-order valence-corrected chi connectivity index (χ4v) is 6.91. The number of anilines is 2. The van der Waals surface area contributed by atoms with Gasteiger partial charge in [0.1, 0.15) is 0 Å². The molecule has 0 radical (unpaired) electrons. The Kier molecular flexibility index (Phi) is 5.52. The minimum Gasteiger partial charge on any atom is -0.322 e. The van der Waals surface area contributed by atoms with E-state index in [0.29, 0.717) is 25.0 Å². The van der Waals surface area contributed by atoms with E-state index < -0.39 is 10.0 Å². The number of hydrogen-bond donors (Lipinski definition) is 2. The summed E-state index contributed by atoms with van der Waals surface area (Å²) in [5.74, 6) is 0.684. The minimum atomic E-state index is -3.68. The molecule has 0 bridgehead atoms. The molecule has 0 amide bonds. The number of piperidine rings is 1. The molecule has 1 saturated heterocycles. The number of sulfonamides is 1. The summed E-state index contributed by atoms with van der Waals surface area (Å²) in [5.41, 5.74) is 6.68. The molecule has 2 N–H and O–H groups in total. The normalized spacial score (nSPS) is 21.5. The molecule has 2 aromatic rings. The van der Waals surface area contributed by atoms with Crippen molar-refractivity contribution in [1.82, 2.24) is 24.4 Å². The summed E-state index contributed by atoms with van der Waals surface area (Å²) in [4.78, 5) is 6.49. The lowest BCUT2D eigenvalue weighted by Gasteiger charge is -2.32. The van der Waals surface area contributed by atoms with Gasteiger partial charge in [-0.25, -0.2) is 13.5 Å². The lowest BCUT2D eigenvalue weighted by Crippen LogP contribution is -2.43. The molecule has 1 aromatic carbocycles. The third-order valence-corrected chi connectivity index (χ3v) is 8.55. The zero-order chi connectivity index (χ0) is 21.6. The lowest BCUT2D eigenvalue weighted by molar-refractivity contribution is 0.217. The Morgan fingerprint density at radius 1 is 1.13 bits per heavy atom. The SMILES string of the molecule is CN(C)CC1CCCN(S(=O)(=O)c2nc(Nc3c4c(cc5c3CCC5)CCC4)n[nH]2)C1. The highest BCUT2D eigenvalue weighted by atomic mass is 32.2. The van der Waals surface area contributed by atoms with Crippen molar-refractivity contribution in [2.75, 3.05) is 39.0 Å². The first-order valence-electron chi connectivity index (χ1n) is 11.4. The Balaban J connectivity index is 1.38. The van der Waals surface area contributed by atoms with Crippen molar-refractivity contribution in [3.63, 3.8) is 0 Å². The molecule has 1 fully saturated rings. The van der Waals surface area contributed by atoms with E-state index in [9.17, 15) is 8.42 Å². The Hall–Kier alpha value is -1.97. The molecule has 8 nitrogen and oxygen atoms in total. The van der Waals surface area contributed by atoms with Crippen molar-refractivity contribution in [3.05, 3.63) is 28.3 Å². The van der Waals surface area contributed by atoms with Crippen LogP contribution in [0, 0.1) is 5.92 Å². The topological polar surface area (TPSA) is 94.2 Å². The smallest absolute Gasteiger partial charge is 0.278 e. The van der Waals surface area contributed by atoms with Crippen molar-refractivity contribution < 1.29 is 8.42 Å². The Bertz CT molecular complexity index is 1050. The molecule has 1 aliphatic heterocycles. The van der Waals surface area contributed by atoms with E-state index >= 15 is 0 Å². The second-order valence-electron chi connectivity index (χ2n) is 9.46. The summed E-state index contributed by atoms with van der Waals surface area (Å²) >= 11 is 0. The first-order chi connectivity index (χ1) is 14.9. The van der Waals surface area contributed by atoms with Gasteiger partial charge in [0.05, 0.1) is 0 Å². The molecule has 2 heterocycles. The van der Waals surface area contributed by atoms with Gasteiger partial charge in [0.15, 0.2) is 0 Å². The van der Waals surface area contributed by atoms with Crippen LogP contribution in [0.5, 0.6) is 0 Å². The van der Waals surface area contributed by atoms with Gasteiger partial charge in [-0.3, -0.25) is 0 Å². The average Bonchev–Trinajstić information content (AvgIpc) is 3.48. The third-order valence-electron chi connectivity index (χ3n) is 6.86. The van der Waals surface area contributed by atoms with Crippen LogP contribution in [0.2, 0.25) is 0 Å². The first-order valence-corrected chi connectivity index (χ1v) is 12.9. The van der Waals surface area contributed by atoms with E-state index in [1.807, 2.05) is 14.1 Å². The number of hydrogen-bond acceptors (Lipinski definition) is 6. The van der Waals surface area contributed by atoms with Crippen molar-refractivity contribution in [2.45, 2.75) is 56.5 Å². The summed E-state index contributed by atoms with van der Waals surface area (Å²) < 4.78 is 28.0. The molecular formula is C22H32N6O2S. The van der Waals surface area contributed by atoms with Crippen LogP contribution in [0.4, 0.5) is 11.6 Å². The molecule has 2 aliphatic carbocycles. The van der Waals surface area contributed by atoms with Gasteiger partial charge in [-0.05, 0) is 93.6 Å². The number of aromatic nitrogens is 3. The van der Waals surface area contributed by atoms with E-state index in [1.165, 1.54) is 35.1 Å². The monoisotopic (exact) mass is 444 g/mol. The van der Waals surface area contributed by atoms with Crippen LogP contribution in [-0.2, 0) is 35.7 Å². The van der Waals surface area contributed by atoms with E-state index in [-0.39, 0.29) is 5.16 Å². The van der Waals surface area contributed by atoms with Crippen LogP contribution in [0.25, 0.3) is 0 Å². The molecular weight excluding hydrogens is 412 g/mol. The molecule has 3 aliphatic rings. The molecule has 1 unspecified atom stereocenters. The predicted molar refractivity (Wildman–Crippen MR) is 120 cm³/mol. The van der Waals surface area contributed by atoms with Crippen LogP contribution in [0.1, 0.15) is 47.9 Å². The highest BCUT2D eigenvalue weighted by Crippen LogP contribution is 2.39. The van der Waals surface area contributed by atoms with Crippen molar-refractivity contribution in [1.29, 1.82) is 0 Å². The maximum Gasteiger partial charge on any atom is 0.278 e. The van der Waals surface area contributed by atoms with Crippen molar-refractivity contribution in [2.24, 2.45) is 5.92 Å². The molecule has 1 aromatic heterocycles. The Morgan fingerprint density at radius 2 is 1.84 bits per heavy atom. The van der Waals surface area contributed by atoms with E-state index in [0.717, 1.165) is 50.8 Å². The second-order valence-corrected chi connectivity index (χ2v) is 11.3. The van der Waals surface area contributed by atoms with Crippen molar-refractivity contribution >= 4 is 21.7 Å². The van der Waals surface area contributed by atoms with Gasteiger partial charge < -0.3 is 10.2 Å². The maximum atomic E-state index is 13.2. The van der Waals surface area contributed by atoms with Gasteiger partial charge in [-0.2, -0.15) is 9.29 Å². The molecule has 0 saturated carbocycles. The quantitative estimate of drug-likeness (QED) is 0.711. The summed E-state index contributed by atoms with van der Waals surface area (Å²) in [6.07, 6.45) is 8.62. The molecule has 0 spiro atoms. The highest BCUT2D eigenvalue weighted by molar-refractivity contribution is 7.88. The molecule has 5 rings (SSSR count). The van der Waals surface area contributed by atoms with Crippen LogP contribution < -0.4 is 5.32 Å². The average molecular weight is 445 g/mol. The number of benzene rings is 1. The van der Waals surface area contributed by atoms with E-state index in [1.54, 1.807) is 4.31 Å². The number of aryl methyl sites for hydroxylation is 2. The van der Waals surface area contributed by atoms with Crippen LogP contribution in [0.15, 0.2) is 11.2 Å². The Morgan fingerprint density at radius 3 is 2.52 bits per heavy atom. The molecule has 168 valence electrons. The summed E-state index contributed by atoms with van der Waals surface area (Å²) in [7, 11) is 0.374. The van der Waals surface area contributed by atoms with Crippen molar-refractivity contribution in [3.8, 4) is 0 Å². The number of fused-ring (bicyclic) bond motifs is 2. The molecule has 9 heteroatoms. The standard InChI is InChI=1S/C22H32N6O2S/c1-27(2)13-15-6-5-11-28(14-15)31(29,30)22-24-21(25-26-22)23-20-18-9-3-7-16(18)12-17-8-4-10-19(17)20/h12,15H,3-11,13-14H2,1-2H3,(H2,23,24,25,26). The number of nitrogens with one attached hydrogen (secondary N) is 2. The minimum absolute atomic E-state index is 0.0651.